The fraction of sp³-hybridized carbons (Fsp3) is 0.200. The zero-order valence-corrected chi connectivity index (χ0v) is 9.55. The molecule has 1 aliphatic rings. The van der Waals surface area contributed by atoms with Crippen LogP contribution in [0, 0.1) is 11.6 Å². The fourth-order valence-corrected chi connectivity index (χ4v) is 1.84. The lowest BCUT2D eigenvalue weighted by molar-refractivity contribution is -0.121. The summed E-state index contributed by atoms with van der Waals surface area (Å²) in [5.74, 6) is -2.54. The predicted molar refractivity (Wildman–Crippen MR) is 55.8 cm³/mol. The second kappa shape index (κ2) is 3.93. The van der Waals surface area contributed by atoms with Crippen LogP contribution in [-0.2, 0) is 9.59 Å². The number of imide groups is 1. The Labute approximate surface area is 98.2 Å². The highest BCUT2D eigenvalue weighted by Gasteiger charge is 2.32. The monoisotopic (exact) mass is 289 g/mol. The molecule has 0 aromatic heterocycles. The Morgan fingerprint density at radius 1 is 1.06 bits per heavy atom. The SMILES string of the molecule is O=C1CCC(=O)N1c1cc(F)c(Br)cc1F. The number of hydrogen-bond acceptors (Lipinski definition) is 2. The number of carbonyl (C=O) groups is 2. The van der Waals surface area contributed by atoms with Crippen molar-refractivity contribution >= 4 is 33.4 Å². The van der Waals surface area contributed by atoms with Crippen LogP contribution < -0.4 is 4.90 Å². The first-order valence-corrected chi connectivity index (χ1v) is 5.30. The van der Waals surface area contributed by atoms with Gasteiger partial charge in [-0.1, -0.05) is 0 Å². The Morgan fingerprint density at radius 2 is 1.62 bits per heavy atom. The first-order valence-electron chi connectivity index (χ1n) is 4.51. The van der Waals surface area contributed by atoms with Gasteiger partial charge in [0.05, 0.1) is 10.2 Å². The number of hydrogen-bond donors (Lipinski definition) is 0. The van der Waals surface area contributed by atoms with Gasteiger partial charge in [0.2, 0.25) is 11.8 Å². The summed E-state index contributed by atoms with van der Waals surface area (Å²) in [7, 11) is 0. The normalized spacial score (nSPS) is 16.1. The third-order valence-corrected chi connectivity index (χ3v) is 2.89. The van der Waals surface area contributed by atoms with Crippen LogP contribution in [0.15, 0.2) is 16.6 Å². The van der Waals surface area contributed by atoms with Crippen molar-refractivity contribution < 1.29 is 18.4 Å². The molecule has 0 radical (unpaired) electrons. The summed E-state index contributed by atoms with van der Waals surface area (Å²) >= 11 is 2.82. The Bertz CT molecular complexity index is 474. The molecule has 0 bridgehead atoms. The van der Waals surface area contributed by atoms with Crippen LogP contribution in [0.1, 0.15) is 12.8 Å². The van der Waals surface area contributed by atoms with Gasteiger partial charge in [0.25, 0.3) is 0 Å². The fourth-order valence-electron chi connectivity index (χ4n) is 1.53. The number of nitrogens with zero attached hydrogens (tertiary/aromatic N) is 1. The molecule has 0 saturated carbocycles. The van der Waals surface area contributed by atoms with Crippen LogP contribution in [0.4, 0.5) is 14.5 Å². The highest BCUT2D eigenvalue weighted by atomic mass is 79.9. The van der Waals surface area contributed by atoms with Crippen molar-refractivity contribution in [3.63, 3.8) is 0 Å². The van der Waals surface area contributed by atoms with Crippen molar-refractivity contribution in [2.75, 3.05) is 4.90 Å². The highest BCUT2D eigenvalue weighted by molar-refractivity contribution is 9.10. The van der Waals surface area contributed by atoms with E-state index in [1.54, 1.807) is 0 Å². The van der Waals surface area contributed by atoms with E-state index in [1.807, 2.05) is 0 Å². The average Bonchev–Trinajstić information content (AvgIpc) is 2.53. The predicted octanol–water partition coefficient (Wildman–Crippen LogP) is 2.38. The van der Waals surface area contributed by atoms with E-state index < -0.39 is 23.4 Å². The Morgan fingerprint density at radius 3 is 2.19 bits per heavy atom. The van der Waals surface area contributed by atoms with Crippen LogP contribution in [-0.4, -0.2) is 11.8 Å². The standard InChI is InChI=1S/C10H6BrF2NO2/c11-5-3-7(13)8(4-6(5)12)14-9(15)1-2-10(14)16/h3-4H,1-2H2. The third kappa shape index (κ3) is 1.73. The van der Waals surface area contributed by atoms with E-state index >= 15 is 0 Å². The lowest BCUT2D eigenvalue weighted by Gasteiger charge is -2.14. The molecule has 16 heavy (non-hydrogen) atoms. The summed E-state index contributed by atoms with van der Waals surface area (Å²) in [6, 6.07) is 1.73. The Hall–Kier alpha value is -1.30. The van der Waals surface area contributed by atoms with Gasteiger partial charge in [-0.05, 0) is 22.0 Å². The second-order valence-electron chi connectivity index (χ2n) is 3.34. The first kappa shape index (κ1) is 11.2. The largest absolute Gasteiger partial charge is 0.274 e. The minimum absolute atomic E-state index is 0.0377. The first-order chi connectivity index (χ1) is 7.50. The quantitative estimate of drug-likeness (QED) is 0.588. The van der Waals surface area contributed by atoms with E-state index in [1.165, 1.54) is 0 Å². The molecule has 0 spiro atoms. The molecule has 1 fully saturated rings. The van der Waals surface area contributed by atoms with Gasteiger partial charge in [-0.15, -0.1) is 0 Å². The smallest absolute Gasteiger partial charge is 0.234 e. The molecule has 2 amide bonds. The van der Waals surface area contributed by atoms with Gasteiger partial charge in [-0.3, -0.25) is 9.59 Å². The molecule has 1 aromatic rings. The molecule has 6 heteroatoms. The van der Waals surface area contributed by atoms with Gasteiger partial charge in [-0.25, -0.2) is 13.7 Å². The van der Waals surface area contributed by atoms with Gasteiger partial charge in [0.15, 0.2) is 0 Å². The second-order valence-corrected chi connectivity index (χ2v) is 4.19. The van der Waals surface area contributed by atoms with Crippen molar-refractivity contribution in [1.29, 1.82) is 0 Å². The number of amides is 2. The molecule has 1 aromatic carbocycles. The lowest BCUT2D eigenvalue weighted by Crippen LogP contribution is -2.29. The number of halogens is 3. The summed E-state index contributed by atoms with van der Waals surface area (Å²) in [4.78, 5) is 23.4. The van der Waals surface area contributed by atoms with Gasteiger partial charge in [-0.2, -0.15) is 0 Å². The molecule has 1 heterocycles. The number of anilines is 1. The molecule has 2 rings (SSSR count). The molecule has 0 atom stereocenters. The molecule has 0 unspecified atom stereocenters. The van der Waals surface area contributed by atoms with E-state index in [4.69, 9.17) is 0 Å². The molecule has 0 aliphatic carbocycles. The molecule has 84 valence electrons. The molecule has 0 N–H and O–H groups in total. The zero-order valence-electron chi connectivity index (χ0n) is 7.97. The lowest BCUT2D eigenvalue weighted by atomic mass is 10.2. The van der Waals surface area contributed by atoms with E-state index in [-0.39, 0.29) is 23.0 Å². The average molecular weight is 290 g/mol. The maximum atomic E-state index is 13.5. The highest BCUT2D eigenvalue weighted by Crippen LogP contribution is 2.29. The molecular weight excluding hydrogens is 284 g/mol. The summed E-state index contributed by atoms with van der Waals surface area (Å²) in [5, 5.41) is 0. The van der Waals surface area contributed by atoms with E-state index in [0.29, 0.717) is 4.90 Å². The van der Waals surface area contributed by atoms with Crippen LogP contribution in [0.25, 0.3) is 0 Å². The van der Waals surface area contributed by atoms with Gasteiger partial charge in [0, 0.05) is 18.9 Å². The minimum Gasteiger partial charge on any atom is -0.274 e. The van der Waals surface area contributed by atoms with E-state index in [2.05, 4.69) is 15.9 Å². The molecular formula is C10H6BrF2NO2. The van der Waals surface area contributed by atoms with E-state index in [9.17, 15) is 18.4 Å². The molecule has 3 nitrogen and oxygen atoms in total. The van der Waals surface area contributed by atoms with Crippen LogP contribution >= 0.6 is 15.9 Å². The summed E-state index contributed by atoms with van der Waals surface area (Å²) < 4.78 is 26.6. The summed E-state index contributed by atoms with van der Waals surface area (Å²) in [5.41, 5.74) is -0.326. The molecule has 1 aliphatic heterocycles. The maximum absolute atomic E-state index is 13.5. The number of carbonyl (C=O) groups excluding carboxylic acids is 2. The van der Waals surface area contributed by atoms with Crippen molar-refractivity contribution in [2.24, 2.45) is 0 Å². The van der Waals surface area contributed by atoms with E-state index in [0.717, 1.165) is 12.1 Å². The zero-order chi connectivity index (χ0) is 11.9. The maximum Gasteiger partial charge on any atom is 0.234 e. The minimum atomic E-state index is -0.808. The topological polar surface area (TPSA) is 37.4 Å². The van der Waals surface area contributed by atoms with Gasteiger partial charge >= 0.3 is 0 Å². The third-order valence-electron chi connectivity index (χ3n) is 2.28. The van der Waals surface area contributed by atoms with Crippen molar-refractivity contribution in [2.45, 2.75) is 12.8 Å². The van der Waals surface area contributed by atoms with Gasteiger partial charge < -0.3 is 0 Å². The van der Waals surface area contributed by atoms with Crippen molar-refractivity contribution in [3.8, 4) is 0 Å². The number of benzene rings is 1. The van der Waals surface area contributed by atoms with Gasteiger partial charge in [0.1, 0.15) is 11.6 Å². The summed E-state index contributed by atoms with van der Waals surface area (Å²) in [6.45, 7) is 0. The Kier molecular flexibility index (Phi) is 2.75. The van der Waals surface area contributed by atoms with Crippen molar-refractivity contribution in [3.05, 3.63) is 28.2 Å². The van der Waals surface area contributed by atoms with Crippen LogP contribution in [0.3, 0.4) is 0 Å². The van der Waals surface area contributed by atoms with Crippen molar-refractivity contribution in [1.82, 2.24) is 0 Å². The summed E-state index contributed by atoms with van der Waals surface area (Å²) in [6.07, 6.45) is 0.0753. The Balaban J connectivity index is 2.51. The van der Waals surface area contributed by atoms with Crippen LogP contribution in [0.5, 0.6) is 0 Å². The number of rotatable bonds is 1. The van der Waals surface area contributed by atoms with Crippen LogP contribution in [0.2, 0.25) is 0 Å². The molecule has 1 saturated heterocycles.